The number of piperidine rings is 1. The van der Waals surface area contributed by atoms with Gasteiger partial charge in [-0.05, 0) is 31.0 Å². The highest BCUT2D eigenvalue weighted by molar-refractivity contribution is 5.72. The molecule has 0 aliphatic carbocycles. The molecular weight excluding hydrogens is 488 g/mol. The Morgan fingerprint density at radius 1 is 1.18 bits per heavy atom. The zero-order valence-corrected chi connectivity index (χ0v) is 23.3. The van der Waals surface area contributed by atoms with Crippen LogP contribution >= 0.6 is 0 Å². The van der Waals surface area contributed by atoms with Gasteiger partial charge in [0.15, 0.2) is 6.10 Å². The molecule has 1 fully saturated rings. The third kappa shape index (κ3) is 9.69. The topological polar surface area (TPSA) is 81.7 Å². The summed E-state index contributed by atoms with van der Waals surface area (Å²) < 4.78 is 11.4. The van der Waals surface area contributed by atoms with E-state index in [0.29, 0.717) is 30.6 Å². The summed E-state index contributed by atoms with van der Waals surface area (Å²) in [6.07, 6.45) is 9.63. The van der Waals surface area contributed by atoms with Gasteiger partial charge in [0.25, 0.3) is 5.89 Å². The predicted octanol–water partition coefficient (Wildman–Crippen LogP) is 4.91. The van der Waals surface area contributed by atoms with Crippen LogP contribution in [0, 0.1) is 5.92 Å². The van der Waals surface area contributed by atoms with Gasteiger partial charge in [0.1, 0.15) is 13.1 Å². The Balaban J connectivity index is 0.000000449. The van der Waals surface area contributed by atoms with E-state index in [2.05, 4.69) is 29.0 Å². The number of benzene rings is 2. The molecule has 0 amide bonds. The van der Waals surface area contributed by atoms with E-state index in [1.54, 1.807) is 6.08 Å². The first-order valence-electron chi connectivity index (χ1n) is 13.6. The van der Waals surface area contributed by atoms with Crippen LogP contribution in [0.2, 0.25) is 0 Å². The number of anilines is 1. The smallest absolute Gasteiger partial charge is 0.310 e. The Kier molecular flexibility index (Phi) is 12.2. The van der Waals surface area contributed by atoms with Gasteiger partial charge in [-0.1, -0.05) is 91.5 Å². The first kappa shape index (κ1) is 29.6. The molecular formula is C32H41N4O3+. The van der Waals surface area contributed by atoms with E-state index in [-0.39, 0.29) is 12.1 Å². The fraction of sp³-hybridized carbons (Fsp3) is 0.344. The van der Waals surface area contributed by atoms with Crippen molar-refractivity contribution in [1.29, 1.82) is 0 Å². The van der Waals surface area contributed by atoms with Gasteiger partial charge in [-0.25, -0.2) is 0 Å². The second-order valence-corrected chi connectivity index (χ2v) is 9.52. The molecule has 0 radical (unpaired) electrons. The molecule has 0 spiro atoms. The summed E-state index contributed by atoms with van der Waals surface area (Å²) in [7, 11) is 1.91. The van der Waals surface area contributed by atoms with E-state index >= 15 is 0 Å². The average Bonchev–Trinajstić information content (AvgIpc) is 3.42. The monoisotopic (exact) mass is 529 g/mol. The quantitative estimate of drug-likeness (QED) is 0.287. The maximum absolute atomic E-state index is 12.5. The van der Waals surface area contributed by atoms with E-state index in [1.165, 1.54) is 4.90 Å². The summed E-state index contributed by atoms with van der Waals surface area (Å²) >= 11 is 0. The molecule has 7 heteroatoms. The van der Waals surface area contributed by atoms with E-state index in [1.807, 2.05) is 92.9 Å². The van der Waals surface area contributed by atoms with Crippen molar-refractivity contribution < 1.29 is 19.0 Å². The highest BCUT2D eigenvalue weighted by Crippen LogP contribution is 2.19. The summed E-state index contributed by atoms with van der Waals surface area (Å²) in [5, 5.41) is 7.18. The van der Waals surface area contributed by atoms with Crippen LogP contribution in [0.15, 0.2) is 96.1 Å². The van der Waals surface area contributed by atoms with Gasteiger partial charge in [0, 0.05) is 30.6 Å². The molecule has 1 saturated heterocycles. The number of rotatable bonds is 10. The molecule has 7 nitrogen and oxygen atoms in total. The Morgan fingerprint density at radius 2 is 1.90 bits per heavy atom. The number of nitrogens with zero attached hydrogens (tertiary/aromatic N) is 2. The number of carbonyl (C=O) groups excluding carboxylic acids is 1. The second kappa shape index (κ2) is 16.1. The van der Waals surface area contributed by atoms with Gasteiger partial charge in [-0.2, -0.15) is 4.98 Å². The summed E-state index contributed by atoms with van der Waals surface area (Å²) in [5.74, 6) is 1.37. The van der Waals surface area contributed by atoms with E-state index in [0.717, 1.165) is 42.8 Å². The number of quaternary nitrogens is 1. The molecule has 0 bridgehead atoms. The van der Waals surface area contributed by atoms with Crippen molar-refractivity contribution in [2.75, 3.05) is 25.5 Å². The minimum absolute atomic E-state index is 0.0874. The number of ether oxygens (including phenoxy) is 1. The van der Waals surface area contributed by atoms with Crippen LogP contribution in [-0.4, -0.2) is 42.4 Å². The Morgan fingerprint density at radius 3 is 2.51 bits per heavy atom. The Bertz CT molecular complexity index is 1200. The lowest BCUT2D eigenvalue weighted by molar-refractivity contribution is -0.923. The van der Waals surface area contributed by atoms with Gasteiger partial charge in [-0.3, -0.25) is 4.79 Å². The number of nitrogens with one attached hydrogen (secondary N) is 2. The van der Waals surface area contributed by atoms with Crippen molar-refractivity contribution in [3.05, 3.63) is 109 Å². The maximum atomic E-state index is 12.5. The summed E-state index contributed by atoms with van der Waals surface area (Å²) in [6, 6.07) is 19.8. The largest absolute Gasteiger partial charge is 0.456 e. The fourth-order valence-corrected chi connectivity index (χ4v) is 4.64. The van der Waals surface area contributed by atoms with Crippen LogP contribution in [0.3, 0.4) is 0 Å². The lowest BCUT2D eigenvalue weighted by atomic mass is 9.91. The van der Waals surface area contributed by atoms with Crippen molar-refractivity contribution in [2.45, 2.75) is 45.8 Å². The zero-order valence-electron chi connectivity index (χ0n) is 23.3. The molecule has 206 valence electrons. The highest BCUT2D eigenvalue weighted by Gasteiger charge is 2.34. The minimum Gasteiger partial charge on any atom is -0.456 e. The van der Waals surface area contributed by atoms with Crippen LogP contribution < -0.4 is 10.2 Å². The summed E-state index contributed by atoms with van der Waals surface area (Å²) in [6.45, 7) is 10.2. The lowest BCUT2D eigenvalue weighted by Crippen LogP contribution is -3.13. The first-order valence-corrected chi connectivity index (χ1v) is 13.6. The molecule has 3 aromatic rings. The number of hydrogen-bond donors (Lipinski definition) is 2. The molecule has 2 aromatic carbocycles. The second-order valence-electron chi connectivity index (χ2n) is 9.52. The lowest BCUT2D eigenvalue weighted by Gasteiger charge is -2.34. The Labute approximate surface area is 232 Å². The third-order valence-corrected chi connectivity index (χ3v) is 6.71. The van der Waals surface area contributed by atoms with Crippen LogP contribution in [0.1, 0.15) is 44.0 Å². The molecule has 2 heterocycles. The van der Waals surface area contributed by atoms with Gasteiger partial charge in [0.2, 0.25) is 5.82 Å². The predicted molar refractivity (Wildman–Crippen MR) is 156 cm³/mol. The van der Waals surface area contributed by atoms with Gasteiger partial charge in [-0.15, -0.1) is 0 Å². The number of aromatic nitrogens is 2. The van der Waals surface area contributed by atoms with Crippen LogP contribution in [0.5, 0.6) is 0 Å². The molecule has 1 aromatic heterocycles. The summed E-state index contributed by atoms with van der Waals surface area (Å²) in [5.41, 5.74) is 2.97. The molecule has 1 aliphatic heterocycles. The van der Waals surface area contributed by atoms with Crippen LogP contribution in [-0.2, 0) is 22.5 Å². The fourth-order valence-electron chi connectivity index (χ4n) is 4.64. The number of allylic oxidation sites excluding steroid dienone is 5. The zero-order chi connectivity index (χ0) is 27.9. The molecule has 2 unspecified atom stereocenters. The molecule has 2 N–H and O–H groups in total. The first-order chi connectivity index (χ1) is 19.1. The van der Waals surface area contributed by atoms with Crippen molar-refractivity contribution in [3.8, 4) is 0 Å². The Hall–Kier alpha value is -3.97. The molecule has 4 rings (SSSR count). The van der Waals surface area contributed by atoms with Crippen LogP contribution in [0.4, 0.5) is 5.69 Å². The maximum Gasteiger partial charge on any atom is 0.310 e. The van der Waals surface area contributed by atoms with Crippen molar-refractivity contribution in [3.63, 3.8) is 0 Å². The van der Waals surface area contributed by atoms with E-state index < -0.39 is 0 Å². The van der Waals surface area contributed by atoms with E-state index in [4.69, 9.17) is 9.26 Å². The highest BCUT2D eigenvalue weighted by atomic mass is 16.5. The summed E-state index contributed by atoms with van der Waals surface area (Å²) in [4.78, 5) is 18.4. The minimum atomic E-state index is -0.164. The van der Waals surface area contributed by atoms with Crippen LogP contribution in [0.25, 0.3) is 5.57 Å². The number of esters is 1. The molecule has 39 heavy (non-hydrogen) atoms. The third-order valence-electron chi connectivity index (χ3n) is 6.71. The van der Waals surface area contributed by atoms with E-state index in [9.17, 15) is 4.79 Å². The normalized spacial score (nSPS) is 19.2. The number of para-hydroxylation sites is 1. The number of carbonyl (C=O) groups is 1. The van der Waals surface area contributed by atoms with Crippen molar-refractivity contribution in [1.82, 2.24) is 10.1 Å². The van der Waals surface area contributed by atoms with Crippen molar-refractivity contribution in [2.24, 2.45) is 5.92 Å². The number of hydrogen-bond acceptors (Lipinski definition) is 6. The van der Waals surface area contributed by atoms with Gasteiger partial charge < -0.3 is 19.5 Å². The van der Waals surface area contributed by atoms with Gasteiger partial charge >= 0.3 is 5.97 Å². The average molecular weight is 530 g/mol. The van der Waals surface area contributed by atoms with Crippen molar-refractivity contribution >= 4 is 17.2 Å². The number of likely N-dealkylation sites (tertiary alicyclic amines) is 1. The van der Waals surface area contributed by atoms with Gasteiger partial charge in [0.05, 0.1) is 13.0 Å². The molecule has 0 saturated carbocycles. The SMILES string of the molecule is C=C/C=C(\C=C/C)c1nc(C[NH+]2CCC(CC)[C@@H](OC(=O)Cc3ccccc3)C2)no1.CNc1ccccc1. The molecule has 1 aliphatic rings. The standard InChI is InChI=1S/C25H31N3O3.C7H9N/c1-4-10-21(11-5-2)25-26-23(27-31-25)18-28-15-14-20(6-3)22(17-28)30-24(29)16-19-12-8-7-9-13-19;1-8-7-5-3-2-4-6-7/h4-5,7-13,20,22H,1,6,14-18H2,2-3H3;2-6,8H,1H3/p+1/b11-5-,21-10+;/t20?,22-;/m0./s1. The molecule has 3 atom stereocenters.